The molecule has 0 unspecified atom stereocenters. The molecule has 0 atom stereocenters. The fourth-order valence-electron chi connectivity index (χ4n) is 1.66. The number of hydrogen-bond donors (Lipinski definition) is 2. The van der Waals surface area contributed by atoms with Gasteiger partial charge in [0.15, 0.2) is 0 Å². The number of methoxy groups -OCH3 is 1. The Hall–Kier alpha value is -2.20. The van der Waals surface area contributed by atoms with Crippen molar-refractivity contribution in [3.05, 3.63) is 28.8 Å². The number of amides is 1. The first-order chi connectivity index (χ1) is 10.4. The number of aromatic nitrogens is 2. The standard InChI is InChI=1S/C12H14N4O4S2/c1-3-10-14-15-12(21-10)16-22(18,19)7-4-5-9(20-2)8(6-7)11(13)17/h4-6H,3H2,1-2H3,(H2,13,17)(H,15,16). The number of anilines is 1. The van der Waals surface area contributed by atoms with Crippen molar-refractivity contribution < 1.29 is 17.9 Å². The minimum Gasteiger partial charge on any atom is -0.496 e. The first-order valence-corrected chi connectivity index (χ1v) is 8.50. The van der Waals surface area contributed by atoms with Gasteiger partial charge in [-0.1, -0.05) is 18.3 Å². The van der Waals surface area contributed by atoms with Crippen molar-refractivity contribution in [1.82, 2.24) is 10.2 Å². The quantitative estimate of drug-likeness (QED) is 0.807. The molecule has 0 saturated carbocycles. The minimum absolute atomic E-state index is 0.0168. The third-order valence-electron chi connectivity index (χ3n) is 2.74. The van der Waals surface area contributed by atoms with E-state index in [-0.39, 0.29) is 21.3 Å². The molecule has 1 aromatic heterocycles. The number of primary amides is 1. The summed E-state index contributed by atoms with van der Waals surface area (Å²) in [4.78, 5) is 11.3. The SMILES string of the molecule is CCc1nnc(NS(=O)(=O)c2ccc(OC)c(C(N)=O)c2)s1. The Morgan fingerprint density at radius 1 is 1.41 bits per heavy atom. The van der Waals surface area contributed by atoms with Gasteiger partial charge in [0, 0.05) is 0 Å². The number of carbonyl (C=O) groups is 1. The van der Waals surface area contributed by atoms with E-state index in [1.807, 2.05) is 6.92 Å². The van der Waals surface area contributed by atoms with Crippen LogP contribution in [0.1, 0.15) is 22.3 Å². The Labute approximate surface area is 131 Å². The van der Waals surface area contributed by atoms with Crippen LogP contribution in [0.2, 0.25) is 0 Å². The van der Waals surface area contributed by atoms with E-state index in [4.69, 9.17) is 10.5 Å². The summed E-state index contributed by atoms with van der Waals surface area (Å²) in [6.45, 7) is 1.89. The van der Waals surface area contributed by atoms with Gasteiger partial charge in [0.25, 0.3) is 15.9 Å². The third-order valence-corrected chi connectivity index (χ3v) is 5.19. The highest BCUT2D eigenvalue weighted by molar-refractivity contribution is 7.93. The van der Waals surface area contributed by atoms with E-state index in [9.17, 15) is 13.2 Å². The van der Waals surface area contributed by atoms with Crippen molar-refractivity contribution in [2.45, 2.75) is 18.2 Å². The Bertz CT molecular complexity index is 801. The van der Waals surface area contributed by atoms with Crippen LogP contribution in [-0.4, -0.2) is 31.6 Å². The van der Waals surface area contributed by atoms with Crippen molar-refractivity contribution in [3.63, 3.8) is 0 Å². The number of hydrogen-bond acceptors (Lipinski definition) is 7. The first-order valence-electron chi connectivity index (χ1n) is 6.20. The number of benzene rings is 1. The molecule has 2 aromatic rings. The molecular weight excluding hydrogens is 328 g/mol. The molecule has 22 heavy (non-hydrogen) atoms. The Kier molecular flexibility index (Phi) is 4.62. The normalized spacial score (nSPS) is 11.2. The Balaban J connectivity index is 2.36. The summed E-state index contributed by atoms with van der Waals surface area (Å²) in [5, 5.41) is 8.46. The molecule has 0 radical (unpaired) electrons. The molecule has 0 spiro atoms. The zero-order chi connectivity index (χ0) is 16.3. The van der Waals surface area contributed by atoms with Crippen LogP contribution in [-0.2, 0) is 16.4 Å². The van der Waals surface area contributed by atoms with Crippen molar-refractivity contribution in [2.24, 2.45) is 5.73 Å². The predicted octanol–water partition coefficient (Wildman–Crippen LogP) is 1.01. The lowest BCUT2D eigenvalue weighted by Gasteiger charge is -2.09. The van der Waals surface area contributed by atoms with Crippen LogP contribution in [0.3, 0.4) is 0 Å². The van der Waals surface area contributed by atoms with E-state index in [0.29, 0.717) is 11.4 Å². The summed E-state index contributed by atoms with van der Waals surface area (Å²) < 4.78 is 31.9. The number of carbonyl (C=O) groups excluding carboxylic acids is 1. The van der Waals surface area contributed by atoms with Crippen LogP contribution in [0, 0.1) is 0 Å². The van der Waals surface area contributed by atoms with Gasteiger partial charge in [-0.15, -0.1) is 10.2 Å². The van der Waals surface area contributed by atoms with Crippen LogP contribution in [0.4, 0.5) is 5.13 Å². The molecule has 0 aliphatic carbocycles. The molecule has 3 N–H and O–H groups in total. The number of nitrogens with one attached hydrogen (secondary N) is 1. The topological polar surface area (TPSA) is 124 Å². The molecule has 0 aliphatic heterocycles. The highest BCUT2D eigenvalue weighted by atomic mass is 32.2. The molecule has 1 heterocycles. The van der Waals surface area contributed by atoms with Crippen molar-refractivity contribution in [2.75, 3.05) is 11.8 Å². The lowest BCUT2D eigenvalue weighted by molar-refractivity contribution is 0.0997. The van der Waals surface area contributed by atoms with Gasteiger partial charge in [0.2, 0.25) is 5.13 Å². The Morgan fingerprint density at radius 3 is 2.68 bits per heavy atom. The van der Waals surface area contributed by atoms with Crippen LogP contribution >= 0.6 is 11.3 Å². The van der Waals surface area contributed by atoms with Crippen LogP contribution in [0.5, 0.6) is 5.75 Å². The molecule has 10 heteroatoms. The molecule has 0 saturated heterocycles. The van der Waals surface area contributed by atoms with Gasteiger partial charge in [-0.25, -0.2) is 8.42 Å². The van der Waals surface area contributed by atoms with Gasteiger partial charge < -0.3 is 10.5 Å². The minimum atomic E-state index is -3.89. The smallest absolute Gasteiger partial charge is 0.263 e. The molecular formula is C12H14N4O4S2. The summed E-state index contributed by atoms with van der Waals surface area (Å²) in [5.41, 5.74) is 5.21. The highest BCUT2D eigenvalue weighted by Crippen LogP contribution is 2.24. The van der Waals surface area contributed by atoms with Crippen molar-refractivity contribution in [3.8, 4) is 5.75 Å². The summed E-state index contributed by atoms with van der Waals surface area (Å²) >= 11 is 1.14. The highest BCUT2D eigenvalue weighted by Gasteiger charge is 2.20. The zero-order valence-corrected chi connectivity index (χ0v) is 13.5. The third kappa shape index (κ3) is 3.34. The van der Waals surface area contributed by atoms with Crippen molar-refractivity contribution in [1.29, 1.82) is 0 Å². The number of rotatable bonds is 6. The maximum atomic E-state index is 12.3. The number of ether oxygens (including phenoxy) is 1. The molecule has 8 nitrogen and oxygen atoms in total. The van der Waals surface area contributed by atoms with E-state index >= 15 is 0 Å². The van der Waals surface area contributed by atoms with E-state index < -0.39 is 15.9 Å². The molecule has 118 valence electrons. The largest absolute Gasteiger partial charge is 0.496 e. The van der Waals surface area contributed by atoms with E-state index in [0.717, 1.165) is 17.4 Å². The first kappa shape index (κ1) is 16.2. The lowest BCUT2D eigenvalue weighted by atomic mass is 10.2. The van der Waals surface area contributed by atoms with Crippen LogP contribution in [0.25, 0.3) is 0 Å². The molecule has 2 rings (SSSR count). The fourth-order valence-corrected chi connectivity index (χ4v) is 3.59. The molecule has 0 fully saturated rings. The van der Waals surface area contributed by atoms with Crippen molar-refractivity contribution >= 4 is 32.4 Å². The number of nitrogens with zero attached hydrogens (tertiary/aromatic N) is 2. The van der Waals surface area contributed by atoms with Crippen LogP contribution < -0.4 is 15.2 Å². The summed E-state index contributed by atoms with van der Waals surface area (Å²) in [5.74, 6) is -0.575. The molecule has 0 aliphatic rings. The van der Waals surface area contributed by atoms with E-state index in [1.54, 1.807) is 0 Å². The maximum absolute atomic E-state index is 12.3. The lowest BCUT2D eigenvalue weighted by Crippen LogP contribution is -2.16. The monoisotopic (exact) mass is 342 g/mol. The van der Waals surface area contributed by atoms with Crippen LogP contribution in [0.15, 0.2) is 23.1 Å². The summed E-state index contributed by atoms with van der Waals surface area (Å²) in [6.07, 6.45) is 0.660. The summed E-state index contributed by atoms with van der Waals surface area (Å²) in [7, 11) is -2.53. The van der Waals surface area contributed by atoms with Gasteiger partial charge in [-0.05, 0) is 24.6 Å². The predicted molar refractivity (Wildman–Crippen MR) is 81.6 cm³/mol. The van der Waals surface area contributed by atoms with E-state index in [2.05, 4.69) is 14.9 Å². The fraction of sp³-hybridized carbons (Fsp3) is 0.250. The van der Waals surface area contributed by atoms with Gasteiger partial charge >= 0.3 is 0 Å². The van der Waals surface area contributed by atoms with E-state index in [1.165, 1.54) is 19.2 Å². The average Bonchev–Trinajstić information content (AvgIpc) is 2.93. The zero-order valence-electron chi connectivity index (χ0n) is 11.9. The van der Waals surface area contributed by atoms with Gasteiger partial charge in [-0.3, -0.25) is 9.52 Å². The molecule has 1 amide bonds. The van der Waals surface area contributed by atoms with Gasteiger partial charge in [0.1, 0.15) is 10.8 Å². The molecule has 0 bridgehead atoms. The molecule has 1 aromatic carbocycles. The number of sulfonamides is 1. The summed E-state index contributed by atoms with van der Waals surface area (Å²) in [6, 6.07) is 3.84. The van der Waals surface area contributed by atoms with Gasteiger partial charge in [0.05, 0.1) is 17.6 Å². The Morgan fingerprint density at radius 2 is 2.14 bits per heavy atom. The van der Waals surface area contributed by atoms with Gasteiger partial charge in [-0.2, -0.15) is 0 Å². The maximum Gasteiger partial charge on any atom is 0.263 e. The second-order valence-electron chi connectivity index (χ2n) is 4.19. The second-order valence-corrected chi connectivity index (χ2v) is 6.93. The second kappa shape index (κ2) is 6.28. The number of aryl methyl sites for hydroxylation is 1. The average molecular weight is 342 g/mol. The number of nitrogens with two attached hydrogens (primary N) is 1.